The summed E-state index contributed by atoms with van der Waals surface area (Å²) in [6.07, 6.45) is -0.715. The number of hydrogen-bond donors (Lipinski definition) is 1. The van der Waals surface area contributed by atoms with Gasteiger partial charge >= 0.3 is 8.56 Å². The fourth-order valence-corrected chi connectivity index (χ4v) is 2.38. The van der Waals surface area contributed by atoms with E-state index in [2.05, 4.69) is 0 Å². The molecule has 0 aliphatic heterocycles. The zero-order valence-electron chi connectivity index (χ0n) is 7.05. The summed E-state index contributed by atoms with van der Waals surface area (Å²) < 4.78 is 10.4. The first-order valence-electron chi connectivity index (χ1n) is 3.48. The summed E-state index contributed by atoms with van der Waals surface area (Å²) in [5.74, 6) is 0. The SMILES string of the molecule is CCO[Si](C)(C)OC(C)O. The minimum Gasteiger partial charge on any atom is -0.395 e. The van der Waals surface area contributed by atoms with Crippen molar-refractivity contribution in [1.82, 2.24) is 0 Å². The molecule has 0 heterocycles. The van der Waals surface area contributed by atoms with E-state index in [1.165, 1.54) is 0 Å². The van der Waals surface area contributed by atoms with E-state index in [1.54, 1.807) is 6.92 Å². The molecule has 0 aliphatic rings. The van der Waals surface area contributed by atoms with Crippen LogP contribution >= 0.6 is 0 Å². The Bertz CT molecular complexity index is 93.0. The van der Waals surface area contributed by atoms with Gasteiger partial charge in [0.2, 0.25) is 0 Å². The fraction of sp³-hybridized carbons (Fsp3) is 1.00. The Morgan fingerprint density at radius 2 is 2.00 bits per heavy atom. The number of hydrogen-bond acceptors (Lipinski definition) is 3. The molecule has 0 rings (SSSR count). The van der Waals surface area contributed by atoms with Gasteiger partial charge in [-0.1, -0.05) is 0 Å². The molecule has 0 amide bonds. The van der Waals surface area contributed by atoms with Gasteiger partial charge < -0.3 is 14.0 Å². The average Bonchev–Trinajstić information content (AvgIpc) is 1.59. The highest BCUT2D eigenvalue weighted by Gasteiger charge is 2.25. The third kappa shape index (κ3) is 4.93. The summed E-state index contributed by atoms with van der Waals surface area (Å²) in [5.41, 5.74) is 0. The molecule has 0 bridgehead atoms. The van der Waals surface area contributed by atoms with Crippen LogP contribution in [0.25, 0.3) is 0 Å². The van der Waals surface area contributed by atoms with E-state index in [4.69, 9.17) is 14.0 Å². The van der Waals surface area contributed by atoms with E-state index in [0.717, 1.165) is 0 Å². The van der Waals surface area contributed by atoms with Gasteiger partial charge in [0.25, 0.3) is 0 Å². The zero-order valence-corrected chi connectivity index (χ0v) is 8.05. The van der Waals surface area contributed by atoms with Crippen molar-refractivity contribution in [2.24, 2.45) is 0 Å². The lowest BCUT2D eigenvalue weighted by atomic mass is 10.8. The summed E-state index contributed by atoms with van der Waals surface area (Å²) in [5, 5.41) is 8.85. The van der Waals surface area contributed by atoms with Crippen molar-refractivity contribution in [2.45, 2.75) is 33.2 Å². The maximum absolute atomic E-state index is 8.85. The summed E-state index contributed by atoms with van der Waals surface area (Å²) in [7, 11) is -2.02. The minimum atomic E-state index is -2.02. The molecule has 1 unspecified atom stereocenters. The van der Waals surface area contributed by atoms with Crippen molar-refractivity contribution in [1.29, 1.82) is 0 Å². The summed E-state index contributed by atoms with van der Waals surface area (Å²) in [6.45, 7) is 7.96. The number of rotatable bonds is 4. The molecule has 0 aliphatic carbocycles. The van der Waals surface area contributed by atoms with Gasteiger partial charge in [0.15, 0.2) is 0 Å². The minimum absolute atomic E-state index is 0.645. The maximum atomic E-state index is 8.85. The van der Waals surface area contributed by atoms with Crippen LogP contribution in [0.3, 0.4) is 0 Å². The van der Waals surface area contributed by atoms with Crippen molar-refractivity contribution < 1.29 is 14.0 Å². The number of aliphatic hydroxyl groups excluding tert-OH is 1. The third-order valence-corrected chi connectivity index (χ3v) is 2.84. The van der Waals surface area contributed by atoms with Gasteiger partial charge in [0, 0.05) is 6.61 Å². The molecule has 0 saturated heterocycles. The highest BCUT2D eigenvalue weighted by Crippen LogP contribution is 2.07. The molecule has 1 N–H and O–H groups in total. The van der Waals surface area contributed by atoms with Crippen LogP contribution in [0.15, 0.2) is 0 Å². The molecule has 3 nitrogen and oxygen atoms in total. The second kappa shape index (κ2) is 4.08. The Morgan fingerprint density at radius 1 is 1.50 bits per heavy atom. The molecular formula is C6H16O3Si. The molecule has 0 aromatic rings. The quantitative estimate of drug-likeness (QED) is 0.499. The lowest BCUT2D eigenvalue weighted by Gasteiger charge is -2.23. The molecule has 0 spiro atoms. The molecular weight excluding hydrogens is 148 g/mol. The van der Waals surface area contributed by atoms with Crippen LogP contribution in [0.5, 0.6) is 0 Å². The largest absolute Gasteiger partial charge is 0.395 e. The topological polar surface area (TPSA) is 38.7 Å². The molecule has 0 aromatic carbocycles. The monoisotopic (exact) mass is 164 g/mol. The molecule has 0 aromatic heterocycles. The second-order valence-corrected chi connectivity index (χ2v) is 5.87. The van der Waals surface area contributed by atoms with Crippen molar-refractivity contribution in [3.8, 4) is 0 Å². The Kier molecular flexibility index (Phi) is 4.11. The first-order chi connectivity index (χ1) is 4.48. The van der Waals surface area contributed by atoms with Crippen LogP contribution in [0.4, 0.5) is 0 Å². The predicted molar refractivity (Wildman–Crippen MR) is 41.9 cm³/mol. The van der Waals surface area contributed by atoms with E-state index in [0.29, 0.717) is 6.61 Å². The van der Waals surface area contributed by atoms with Crippen molar-refractivity contribution in [3.05, 3.63) is 0 Å². The van der Waals surface area contributed by atoms with Crippen molar-refractivity contribution in [3.63, 3.8) is 0 Å². The van der Waals surface area contributed by atoms with Gasteiger partial charge in [-0.3, -0.25) is 0 Å². The zero-order chi connectivity index (χ0) is 8.20. The molecule has 4 heteroatoms. The highest BCUT2D eigenvalue weighted by atomic mass is 28.4. The standard InChI is InChI=1S/C6H16O3Si/c1-5-8-10(3,4)9-6(2)7/h6-7H,5H2,1-4H3. The van der Waals surface area contributed by atoms with Gasteiger partial charge in [-0.2, -0.15) is 0 Å². The van der Waals surface area contributed by atoms with Crippen LogP contribution in [0.2, 0.25) is 13.1 Å². The predicted octanol–water partition coefficient (Wildman–Crippen LogP) is 1.08. The number of aliphatic hydroxyl groups is 1. The fourth-order valence-electron chi connectivity index (χ4n) is 0.792. The summed E-state index contributed by atoms with van der Waals surface area (Å²) in [6, 6.07) is 0. The second-order valence-electron chi connectivity index (χ2n) is 2.55. The van der Waals surface area contributed by atoms with E-state index >= 15 is 0 Å². The molecule has 0 fully saturated rings. The van der Waals surface area contributed by atoms with E-state index in [-0.39, 0.29) is 0 Å². The Labute approximate surface area is 63.2 Å². The van der Waals surface area contributed by atoms with Gasteiger partial charge in [0.1, 0.15) is 6.29 Å². The van der Waals surface area contributed by atoms with Gasteiger partial charge in [-0.05, 0) is 26.9 Å². The molecule has 0 radical (unpaired) electrons. The Balaban J connectivity index is 3.63. The Hall–Kier alpha value is 0.0969. The van der Waals surface area contributed by atoms with Gasteiger partial charge in [-0.15, -0.1) is 0 Å². The smallest absolute Gasteiger partial charge is 0.333 e. The lowest BCUT2D eigenvalue weighted by Crippen LogP contribution is -2.38. The third-order valence-electron chi connectivity index (χ3n) is 0.946. The van der Waals surface area contributed by atoms with E-state index in [1.807, 2.05) is 20.0 Å². The molecule has 62 valence electrons. The van der Waals surface area contributed by atoms with E-state index in [9.17, 15) is 0 Å². The Morgan fingerprint density at radius 3 is 2.30 bits per heavy atom. The van der Waals surface area contributed by atoms with Crippen molar-refractivity contribution >= 4 is 8.56 Å². The highest BCUT2D eigenvalue weighted by molar-refractivity contribution is 6.64. The van der Waals surface area contributed by atoms with Crippen LogP contribution < -0.4 is 0 Å². The van der Waals surface area contributed by atoms with Gasteiger partial charge in [-0.25, -0.2) is 0 Å². The van der Waals surface area contributed by atoms with Crippen LogP contribution in [-0.4, -0.2) is 26.6 Å². The lowest BCUT2D eigenvalue weighted by molar-refractivity contribution is -0.0280. The maximum Gasteiger partial charge on any atom is 0.333 e. The van der Waals surface area contributed by atoms with Crippen LogP contribution in [0.1, 0.15) is 13.8 Å². The van der Waals surface area contributed by atoms with Crippen LogP contribution in [-0.2, 0) is 8.85 Å². The average molecular weight is 164 g/mol. The molecule has 10 heavy (non-hydrogen) atoms. The van der Waals surface area contributed by atoms with E-state index < -0.39 is 14.9 Å². The molecule has 0 saturated carbocycles. The normalized spacial score (nSPS) is 15.3. The van der Waals surface area contributed by atoms with Crippen LogP contribution in [0, 0.1) is 0 Å². The van der Waals surface area contributed by atoms with Crippen molar-refractivity contribution in [2.75, 3.05) is 6.61 Å². The molecule has 1 atom stereocenters. The summed E-state index contributed by atoms with van der Waals surface area (Å²) >= 11 is 0. The van der Waals surface area contributed by atoms with Gasteiger partial charge in [0.05, 0.1) is 0 Å². The first-order valence-corrected chi connectivity index (χ1v) is 6.29. The first kappa shape index (κ1) is 10.1. The summed E-state index contributed by atoms with van der Waals surface area (Å²) in [4.78, 5) is 0.